The Hall–Kier alpha value is -1.68. The predicted molar refractivity (Wildman–Crippen MR) is 73.9 cm³/mol. The zero-order valence-electron chi connectivity index (χ0n) is 10.2. The molecule has 1 aromatic carbocycles. The number of rotatable bonds is 5. The lowest BCUT2D eigenvalue weighted by molar-refractivity contribution is -0.116. The van der Waals surface area contributed by atoms with Crippen molar-refractivity contribution in [3.05, 3.63) is 48.4 Å². The summed E-state index contributed by atoms with van der Waals surface area (Å²) in [6, 6.07) is 11.5. The van der Waals surface area contributed by atoms with Crippen LogP contribution in [0.2, 0.25) is 0 Å². The van der Waals surface area contributed by atoms with E-state index in [4.69, 9.17) is 4.42 Å². The van der Waals surface area contributed by atoms with Gasteiger partial charge in [0.1, 0.15) is 5.76 Å². The van der Waals surface area contributed by atoms with Crippen molar-refractivity contribution in [1.82, 2.24) is 0 Å². The normalized spacial score (nSPS) is 10.3. The zero-order chi connectivity index (χ0) is 12.8. The van der Waals surface area contributed by atoms with Gasteiger partial charge in [0.15, 0.2) is 0 Å². The van der Waals surface area contributed by atoms with Crippen LogP contribution in [-0.4, -0.2) is 12.2 Å². The largest absolute Gasteiger partial charge is 0.469 e. The SMILES string of the molecule is CSc1ccc(NC(=O)CCc2ccco2)cc1. The molecule has 1 heterocycles. The Morgan fingerprint density at radius 3 is 2.67 bits per heavy atom. The summed E-state index contributed by atoms with van der Waals surface area (Å²) in [6.45, 7) is 0. The van der Waals surface area contributed by atoms with Crippen LogP contribution in [0.5, 0.6) is 0 Å². The predicted octanol–water partition coefficient (Wildman–Crippen LogP) is 3.57. The van der Waals surface area contributed by atoms with Crippen LogP contribution in [0.3, 0.4) is 0 Å². The number of anilines is 1. The number of carbonyl (C=O) groups excluding carboxylic acids is 1. The quantitative estimate of drug-likeness (QED) is 0.837. The summed E-state index contributed by atoms with van der Waals surface area (Å²) in [7, 11) is 0. The van der Waals surface area contributed by atoms with E-state index >= 15 is 0 Å². The molecule has 1 aromatic heterocycles. The third-order valence-corrected chi connectivity index (χ3v) is 3.30. The van der Waals surface area contributed by atoms with Crippen LogP contribution in [0.1, 0.15) is 12.2 Å². The first-order chi connectivity index (χ1) is 8.78. The van der Waals surface area contributed by atoms with Crippen LogP contribution in [-0.2, 0) is 11.2 Å². The van der Waals surface area contributed by atoms with Gasteiger partial charge in [0.2, 0.25) is 5.91 Å². The summed E-state index contributed by atoms with van der Waals surface area (Å²) >= 11 is 1.68. The number of benzene rings is 1. The second-order valence-corrected chi connectivity index (χ2v) is 4.74. The Kier molecular flexibility index (Phi) is 4.47. The van der Waals surface area contributed by atoms with Crippen LogP contribution >= 0.6 is 11.8 Å². The minimum atomic E-state index is 0.00306. The van der Waals surface area contributed by atoms with E-state index in [1.165, 1.54) is 4.90 Å². The third kappa shape index (κ3) is 3.67. The molecule has 18 heavy (non-hydrogen) atoms. The van der Waals surface area contributed by atoms with E-state index in [0.29, 0.717) is 12.8 Å². The first kappa shape index (κ1) is 12.8. The summed E-state index contributed by atoms with van der Waals surface area (Å²) in [5.41, 5.74) is 0.831. The van der Waals surface area contributed by atoms with Gasteiger partial charge in [0, 0.05) is 23.4 Å². The van der Waals surface area contributed by atoms with Gasteiger partial charge in [0.05, 0.1) is 6.26 Å². The van der Waals surface area contributed by atoms with E-state index in [1.54, 1.807) is 18.0 Å². The van der Waals surface area contributed by atoms with Gasteiger partial charge in [-0.2, -0.15) is 0 Å². The van der Waals surface area contributed by atoms with E-state index in [1.807, 2.05) is 42.7 Å². The molecule has 0 aliphatic carbocycles. The van der Waals surface area contributed by atoms with E-state index in [9.17, 15) is 4.79 Å². The van der Waals surface area contributed by atoms with Crippen molar-refractivity contribution in [2.75, 3.05) is 11.6 Å². The molecule has 2 rings (SSSR count). The zero-order valence-corrected chi connectivity index (χ0v) is 11.0. The summed E-state index contributed by atoms with van der Waals surface area (Å²) < 4.78 is 5.18. The van der Waals surface area contributed by atoms with Crippen molar-refractivity contribution in [3.63, 3.8) is 0 Å². The van der Waals surface area contributed by atoms with Crippen LogP contribution in [0.25, 0.3) is 0 Å². The van der Waals surface area contributed by atoms with Crippen molar-refractivity contribution in [1.29, 1.82) is 0 Å². The van der Waals surface area contributed by atoms with E-state index < -0.39 is 0 Å². The topological polar surface area (TPSA) is 42.2 Å². The molecule has 0 atom stereocenters. The molecule has 0 radical (unpaired) electrons. The highest BCUT2D eigenvalue weighted by atomic mass is 32.2. The molecule has 0 saturated heterocycles. The highest BCUT2D eigenvalue weighted by Crippen LogP contribution is 2.17. The van der Waals surface area contributed by atoms with E-state index in [0.717, 1.165) is 11.4 Å². The molecule has 94 valence electrons. The summed E-state index contributed by atoms with van der Waals surface area (Å²) in [5, 5.41) is 2.87. The fraction of sp³-hybridized carbons (Fsp3) is 0.214. The lowest BCUT2D eigenvalue weighted by Crippen LogP contribution is -2.12. The van der Waals surface area contributed by atoms with Gasteiger partial charge in [-0.25, -0.2) is 0 Å². The Labute approximate surface area is 111 Å². The molecule has 2 aromatic rings. The van der Waals surface area contributed by atoms with Gasteiger partial charge >= 0.3 is 0 Å². The van der Waals surface area contributed by atoms with Crippen molar-refractivity contribution >= 4 is 23.4 Å². The molecule has 0 unspecified atom stereocenters. The van der Waals surface area contributed by atoms with Crippen LogP contribution < -0.4 is 5.32 Å². The molecule has 4 heteroatoms. The molecule has 0 spiro atoms. The number of thioether (sulfide) groups is 1. The Morgan fingerprint density at radius 2 is 2.06 bits per heavy atom. The number of furan rings is 1. The molecule has 1 amide bonds. The number of aryl methyl sites for hydroxylation is 1. The van der Waals surface area contributed by atoms with Crippen LogP contribution in [0.4, 0.5) is 5.69 Å². The van der Waals surface area contributed by atoms with Crippen LogP contribution in [0.15, 0.2) is 52.0 Å². The summed E-state index contributed by atoms with van der Waals surface area (Å²) in [5.74, 6) is 0.839. The Bertz CT molecular complexity index is 491. The number of nitrogens with one attached hydrogen (secondary N) is 1. The van der Waals surface area contributed by atoms with Crippen molar-refractivity contribution < 1.29 is 9.21 Å². The maximum atomic E-state index is 11.7. The maximum Gasteiger partial charge on any atom is 0.224 e. The number of hydrogen-bond donors (Lipinski definition) is 1. The molecule has 0 bridgehead atoms. The standard InChI is InChI=1S/C14H15NO2S/c1-18-13-7-4-11(5-8-13)15-14(16)9-6-12-3-2-10-17-12/h2-5,7-8,10H,6,9H2,1H3,(H,15,16). The lowest BCUT2D eigenvalue weighted by atomic mass is 10.2. The fourth-order valence-electron chi connectivity index (χ4n) is 1.59. The molecule has 0 saturated carbocycles. The highest BCUT2D eigenvalue weighted by Gasteiger charge is 2.04. The second kappa shape index (κ2) is 6.31. The van der Waals surface area contributed by atoms with Crippen molar-refractivity contribution in [2.24, 2.45) is 0 Å². The molecule has 3 nitrogen and oxygen atoms in total. The Balaban J connectivity index is 1.83. The van der Waals surface area contributed by atoms with Crippen molar-refractivity contribution in [2.45, 2.75) is 17.7 Å². The molecular formula is C14H15NO2S. The van der Waals surface area contributed by atoms with Gasteiger partial charge in [-0.15, -0.1) is 11.8 Å². The highest BCUT2D eigenvalue weighted by molar-refractivity contribution is 7.98. The monoisotopic (exact) mass is 261 g/mol. The minimum absolute atomic E-state index is 0.00306. The van der Waals surface area contributed by atoms with Gasteiger partial charge in [0.25, 0.3) is 0 Å². The summed E-state index contributed by atoms with van der Waals surface area (Å²) in [6.07, 6.45) is 4.70. The first-order valence-electron chi connectivity index (χ1n) is 5.74. The average Bonchev–Trinajstić information content (AvgIpc) is 2.90. The molecule has 1 N–H and O–H groups in total. The van der Waals surface area contributed by atoms with Crippen molar-refractivity contribution in [3.8, 4) is 0 Å². The average molecular weight is 261 g/mol. The number of hydrogen-bond acceptors (Lipinski definition) is 3. The molecule has 0 fully saturated rings. The summed E-state index contributed by atoms with van der Waals surface area (Å²) in [4.78, 5) is 12.9. The fourth-order valence-corrected chi connectivity index (χ4v) is 2.00. The molecule has 0 aliphatic rings. The first-order valence-corrected chi connectivity index (χ1v) is 6.96. The van der Waals surface area contributed by atoms with E-state index in [-0.39, 0.29) is 5.91 Å². The van der Waals surface area contributed by atoms with Gasteiger partial charge in [-0.05, 0) is 42.7 Å². The minimum Gasteiger partial charge on any atom is -0.469 e. The smallest absolute Gasteiger partial charge is 0.224 e. The van der Waals surface area contributed by atoms with Gasteiger partial charge in [-0.3, -0.25) is 4.79 Å². The second-order valence-electron chi connectivity index (χ2n) is 3.86. The third-order valence-electron chi connectivity index (χ3n) is 2.55. The van der Waals surface area contributed by atoms with Crippen LogP contribution in [0, 0.1) is 0 Å². The molecule has 0 aliphatic heterocycles. The lowest BCUT2D eigenvalue weighted by Gasteiger charge is -2.05. The van der Waals surface area contributed by atoms with Gasteiger partial charge < -0.3 is 9.73 Å². The van der Waals surface area contributed by atoms with E-state index in [2.05, 4.69) is 5.32 Å². The Morgan fingerprint density at radius 1 is 1.28 bits per heavy atom. The maximum absolute atomic E-state index is 11.7. The molecular weight excluding hydrogens is 246 g/mol. The number of carbonyl (C=O) groups is 1. The van der Waals surface area contributed by atoms with Gasteiger partial charge in [-0.1, -0.05) is 0 Å². The number of amides is 1.